The Morgan fingerprint density at radius 1 is 1.29 bits per heavy atom. The highest BCUT2D eigenvalue weighted by Crippen LogP contribution is 2.49. The zero-order chi connectivity index (χ0) is 35.7. The zero-order valence-corrected chi connectivity index (χ0v) is 29.4. The molecule has 264 valence electrons. The van der Waals surface area contributed by atoms with E-state index in [2.05, 4.69) is 5.32 Å². The molecule has 4 bridgehead atoms. The van der Waals surface area contributed by atoms with Gasteiger partial charge in [-0.3, -0.25) is 14.9 Å². The molecular weight excluding hydrogens is 646 g/mol. The molecule has 3 aliphatic rings. The van der Waals surface area contributed by atoms with E-state index in [1.54, 1.807) is 45.2 Å². The van der Waals surface area contributed by atoms with Crippen molar-refractivity contribution in [1.29, 1.82) is 0 Å². The van der Waals surface area contributed by atoms with E-state index in [9.17, 15) is 29.4 Å². The number of likely N-dealkylation sites (N-methyl/N-ethyl adjacent to an activating group) is 1. The maximum atomic E-state index is 13.9. The van der Waals surface area contributed by atoms with Crippen molar-refractivity contribution in [3.8, 4) is 0 Å². The smallest absolute Gasteiger partial charge is 0.409 e. The Balaban J connectivity index is 1.80. The predicted octanol–water partition coefficient (Wildman–Crippen LogP) is 3.02. The molecule has 3 amide bonds. The van der Waals surface area contributed by atoms with Crippen LogP contribution in [-0.2, 0) is 46.4 Å². The number of allylic oxidation sites excluding steroid dienone is 3. The van der Waals surface area contributed by atoms with Crippen LogP contribution in [-0.4, -0.2) is 102 Å². The summed E-state index contributed by atoms with van der Waals surface area (Å²) in [6.07, 6.45) is 0.837. The number of rotatable bonds is 5. The van der Waals surface area contributed by atoms with E-state index in [0.717, 1.165) is 11.1 Å². The number of epoxide rings is 1. The molecule has 0 aromatic heterocycles. The summed E-state index contributed by atoms with van der Waals surface area (Å²) in [5, 5.41) is 24.4. The highest BCUT2D eigenvalue weighted by atomic mass is 35.5. The monoisotopic (exact) mass is 691 g/mol. The third-order valence-electron chi connectivity index (χ3n) is 9.69. The lowest BCUT2D eigenvalue weighted by atomic mass is 9.83. The van der Waals surface area contributed by atoms with Crippen LogP contribution >= 0.6 is 11.6 Å². The van der Waals surface area contributed by atoms with Crippen molar-refractivity contribution >= 4 is 41.2 Å². The van der Waals surface area contributed by atoms with E-state index >= 15 is 0 Å². The van der Waals surface area contributed by atoms with Crippen LogP contribution < -0.4 is 10.2 Å². The molecule has 3 N–H and O–H groups in total. The highest BCUT2D eigenvalue weighted by Gasteiger charge is 2.64. The van der Waals surface area contributed by atoms with Gasteiger partial charge in [-0.25, -0.2) is 9.59 Å². The first-order valence-corrected chi connectivity index (χ1v) is 16.2. The number of methoxy groups -OCH3 is 1. The topological polar surface area (TPSA) is 167 Å². The minimum atomic E-state index is -1.83. The van der Waals surface area contributed by atoms with Crippen molar-refractivity contribution in [2.75, 3.05) is 26.1 Å². The second-order valence-electron chi connectivity index (χ2n) is 13.1. The maximum Gasteiger partial charge on any atom is 0.409 e. The average molecular weight is 692 g/mol. The summed E-state index contributed by atoms with van der Waals surface area (Å²) in [6.45, 7) is 7.86. The Kier molecular flexibility index (Phi) is 11.3. The Morgan fingerprint density at radius 2 is 1.98 bits per heavy atom. The molecule has 2 fully saturated rings. The molecule has 0 radical (unpaired) electrons. The van der Waals surface area contributed by atoms with E-state index < -0.39 is 65.7 Å². The number of ether oxygens (including phenoxy) is 4. The first kappa shape index (κ1) is 37.3. The largest absolute Gasteiger partial charge is 0.457 e. The SMILES string of the molecule is CO[C@@H]1/C=C/C=C(\C)Cc2cc(CO)c(Cl)c(c2)N(C)C(=O)C[C@H](OC(=O)[C@H](C)N(C)C(C)=O)[C@]2(C)OC2[C@H](C)[C@@H]2C[C@@]1(O)NC(=O)O2. The second kappa shape index (κ2) is 14.6. The fourth-order valence-corrected chi connectivity index (χ4v) is 6.63. The van der Waals surface area contributed by atoms with Gasteiger partial charge in [-0.15, -0.1) is 0 Å². The molecule has 0 aliphatic carbocycles. The van der Waals surface area contributed by atoms with Gasteiger partial charge in [0, 0.05) is 40.5 Å². The molecule has 0 saturated carbocycles. The van der Waals surface area contributed by atoms with Crippen molar-refractivity contribution in [2.45, 2.75) is 102 Å². The quantitative estimate of drug-likeness (QED) is 0.309. The van der Waals surface area contributed by atoms with Crippen LogP contribution in [0.3, 0.4) is 0 Å². The number of carbonyl (C=O) groups excluding carboxylic acids is 4. The van der Waals surface area contributed by atoms with Crippen LogP contribution in [0.4, 0.5) is 10.5 Å². The third-order valence-corrected chi connectivity index (χ3v) is 10.1. The van der Waals surface area contributed by atoms with Crippen molar-refractivity contribution in [1.82, 2.24) is 10.2 Å². The molecule has 14 heteroatoms. The van der Waals surface area contributed by atoms with Crippen molar-refractivity contribution in [3.05, 3.63) is 52.1 Å². The molecule has 13 nitrogen and oxygen atoms in total. The number of aliphatic hydroxyl groups excluding tert-OH is 1. The number of nitrogens with zero attached hydrogens (tertiary/aromatic N) is 2. The number of fused-ring (bicyclic) bond motifs is 5. The van der Waals surface area contributed by atoms with Crippen LogP contribution in [0.5, 0.6) is 0 Å². The number of amides is 3. The maximum absolute atomic E-state index is 13.9. The average Bonchev–Trinajstić information content (AvgIpc) is 3.73. The summed E-state index contributed by atoms with van der Waals surface area (Å²) in [6, 6.07) is 2.56. The molecule has 1 aromatic rings. The number of halogens is 1. The molecule has 1 aromatic carbocycles. The van der Waals surface area contributed by atoms with Crippen molar-refractivity contribution in [3.63, 3.8) is 0 Å². The Bertz CT molecular complexity index is 1500. The molecule has 0 spiro atoms. The molecule has 1 unspecified atom stereocenters. The number of alkyl carbamates (subject to hydrolysis) is 1. The van der Waals surface area contributed by atoms with Crippen molar-refractivity contribution in [2.24, 2.45) is 5.92 Å². The van der Waals surface area contributed by atoms with Gasteiger partial charge in [0.1, 0.15) is 30.0 Å². The highest BCUT2D eigenvalue weighted by molar-refractivity contribution is 6.34. The van der Waals surface area contributed by atoms with Gasteiger partial charge < -0.3 is 39.0 Å². The standard InChI is InChI=1S/C34H46ClN3O10/c1-18-10-9-11-26(45-8)34(44)16-25(46-32(43)36-34)19(2)30-33(5,48-30)27(47-31(42)20(3)37(6)21(4)40)15-28(41)38(7)24-14-22(12-18)13-23(17-39)29(24)35/h9-11,13-14,19-20,25-27,30,39,44H,12,15-17H2,1-8H3,(H,36,43)/b11-9+,18-10+/t19-,20+,25+,26-,27+,30?,33+,34+/m1/s1. The van der Waals surface area contributed by atoms with Crippen LogP contribution in [0.25, 0.3) is 0 Å². The first-order valence-electron chi connectivity index (χ1n) is 15.8. The minimum absolute atomic E-state index is 0.0533. The second-order valence-corrected chi connectivity index (χ2v) is 13.5. The summed E-state index contributed by atoms with van der Waals surface area (Å²) in [5.41, 5.74) is -0.565. The van der Waals surface area contributed by atoms with Gasteiger partial charge in [-0.1, -0.05) is 48.4 Å². The Morgan fingerprint density at radius 3 is 2.60 bits per heavy atom. The van der Waals surface area contributed by atoms with Crippen LogP contribution in [0.1, 0.15) is 58.6 Å². The number of hydrogen-bond donors (Lipinski definition) is 3. The van der Waals surface area contributed by atoms with Gasteiger partial charge in [-0.2, -0.15) is 0 Å². The molecule has 2 saturated heterocycles. The summed E-state index contributed by atoms with van der Waals surface area (Å²) < 4.78 is 23.3. The fourth-order valence-electron chi connectivity index (χ4n) is 6.34. The summed E-state index contributed by atoms with van der Waals surface area (Å²) in [7, 11) is 4.44. The predicted molar refractivity (Wildman–Crippen MR) is 176 cm³/mol. The Labute approximate surface area is 285 Å². The van der Waals surface area contributed by atoms with Gasteiger partial charge in [0.05, 0.1) is 29.8 Å². The summed E-state index contributed by atoms with van der Waals surface area (Å²) in [5.74, 6) is -2.06. The molecule has 48 heavy (non-hydrogen) atoms. The number of carbonyl (C=O) groups is 4. The van der Waals surface area contributed by atoms with Crippen LogP contribution in [0.15, 0.2) is 35.9 Å². The van der Waals surface area contributed by atoms with Gasteiger partial charge in [0.15, 0.2) is 5.72 Å². The van der Waals surface area contributed by atoms with E-state index in [1.165, 1.54) is 37.8 Å². The number of benzene rings is 1. The zero-order valence-electron chi connectivity index (χ0n) is 28.6. The van der Waals surface area contributed by atoms with Gasteiger partial charge in [0.2, 0.25) is 11.8 Å². The van der Waals surface area contributed by atoms with Crippen molar-refractivity contribution < 1.29 is 48.3 Å². The normalized spacial score (nSPS) is 33.3. The lowest BCUT2D eigenvalue weighted by molar-refractivity contribution is -0.161. The molecule has 3 aliphatic heterocycles. The molecule has 4 rings (SSSR count). The van der Waals surface area contributed by atoms with E-state index in [-0.39, 0.29) is 30.4 Å². The summed E-state index contributed by atoms with van der Waals surface area (Å²) in [4.78, 5) is 54.6. The first-order chi connectivity index (χ1) is 22.4. The van der Waals surface area contributed by atoms with Gasteiger partial charge in [-0.05, 0) is 44.4 Å². The Hall–Kier alpha value is -3.49. The van der Waals surface area contributed by atoms with Crippen LogP contribution in [0, 0.1) is 5.92 Å². The van der Waals surface area contributed by atoms with Gasteiger partial charge >= 0.3 is 12.1 Å². The molecule has 3 heterocycles. The van der Waals surface area contributed by atoms with E-state index in [4.69, 9.17) is 30.5 Å². The number of esters is 1. The fraction of sp³-hybridized carbons (Fsp3) is 0.588. The number of aliphatic hydroxyl groups is 2. The summed E-state index contributed by atoms with van der Waals surface area (Å²) >= 11 is 6.67. The number of anilines is 1. The van der Waals surface area contributed by atoms with Gasteiger partial charge in [0.25, 0.3) is 0 Å². The van der Waals surface area contributed by atoms with E-state index in [0.29, 0.717) is 17.7 Å². The third kappa shape index (κ3) is 7.70. The van der Waals surface area contributed by atoms with Crippen LogP contribution in [0.2, 0.25) is 5.02 Å². The van der Waals surface area contributed by atoms with E-state index in [1.807, 2.05) is 13.0 Å². The number of hydrogen-bond acceptors (Lipinski definition) is 10. The number of nitrogens with one attached hydrogen (secondary N) is 1. The lowest BCUT2D eigenvalue weighted by Gasteiger charge is -2.42. The minimum Gasteiger partial charge on any atom is -0.457 e. The molecular formula is C34H46ClN3O10. The lowest BCUT2D eigenvalue weighted by Crippen LogP contribution is -2.63. The molecule has 8 atom stereocenters.